The van der Waals surface area contributed by atoms with E-state index >= 15 is 0 Å². The van der Waals surface area contributed by atoms with Crippen LogP contribution in [0, 0.1) is 6.92 Å². The lowest BCUT2D eigenvalue weighted by Crippen LogP contribution is -2.16. The monoisotopic (exact) mass is 364 g/mol. The molecule has 1 fully saturated rings. The minimum Gasteiger partial charge on any atom is -0.303 e. The molecular formula is C15H16N4OS3. The molecule has 0 aromatic carbocycles. The molecule has 1 aliphatic carbocycles. The highest BCUT2D eigenvalue weighted by atomic mass is 32.2. The number of aromatic nitrogens is 4. The van der Waals surface area contributed by atoms with Gasteiger partial charge in [0, 0.05) is 29.4 Å². The number of thioether (sulfide) groups is 1. The smallest absolute Gasteiger partial charge is 0.303 e. The Bertz CT molecular complexity index is 858. The second kappa shape index (κ2) is 6.26. The molecule has 0 spiro atoms. The molecule has 0 aliphatic heterocycles. The first-order valence-corrected chi connectivity index (χ1v) is 10.2. The Morgan fingerprint density at radius 1 is 1.35 bits per heavy atom. The molecule has 1 saturated carbocycles. The highest BCUT2D eigenvalue weighted by molar-refractivity contribution is 7.99. The third kappa shape index (κ3) is 3.02. The van der Waals surface area contributed by atoms with Crippen molar-refractivity contribution in [2.24, 2.45) is 0 Å². The summed E-state index contributed by atoms with van der Waals surface area (Å²) < 4.78 is 4.11. The molecule has 120 valence electrons. The molecule has 0 bridgehead atoms. The van der Waals surface area contributed by atoms with Crippen LogP contribution in [0.4, 0.5) is 0 Å². The normalized spacial score (nSPS) is 14.5. The van der Waals surface area contributed by atoms with E-state index in [-0.39, 0.29) is 4.87 Å². The third-order valence-corrected chi connectivity index (χ3v) is 6.51. The fourth-order valence-corrected chi connectivity index (χ4v) is 4.91. The van der Waals surface area contributed by atoms with Gasteiger partial charge in [0.15, 0.2) is 11.0 Å². The summed E-state index contributed by atoms with van der Waals surface area (Å²) in [7, 11) is 0. The Balaban J connectivity index is 1.52. The van der Waals surface area contributed by atoms with Crippen molar-refractivity contribution >= 4 is 34.4 Å². The average Bonchev–Trinajstić information content (AvgIpc) is 2.96. The van der Waals surface area contributed by atoms with Crippen LogP contribution in [0.3, 0.4) is 0 Å². The molecule has 3 heterocycles. The van der Waals surface area contributed by atoms with Gasteiger partial charge in [-0.15, -0.1) is 21.5 Å². The third-order valence-electron chi connectivity index (χ3n) is 3.84. The van der Waals surface area contributed by atoms with Gasteiger partial charge in [-0.3, -0.25) is 9.36 Å². The van der Waals surface area contributed by atoms with E-state index in [9.17, 15) is 4.79 Å². The van der Waals surface area contributed by atoms with Crippen molar-refractivity contribution in [2.75, 3.05) is 5.75 Å². The molecule has 3 aromatic rings. The van der Waals surface area contributed by atoms with Gasteiger partial charge < -0.3 is 4.57 Å². The summed E-state index contributed by atoms with van der Waals surface area (Å²) in [6.45, 7) is 2.69. The minimum atomic E-state index is 0.117. The quantitative estimate of drug-likeness (QED) is 0.626. The number of thiophene rings is 1. The van der Waals surface area contributed by atoms with Crippen LogP contribution < -0.4 is 4.87 Å². The van der Waals surface area contributed by atoms with E-state index in [4.69, 9.17) is 0 Å². The summed E-state index contributed by atoms with van der Waals surface area (Å²) in [5.74, 6) is 1.81. The van der Waals surface area contributed by atoms with E-state index in [1.54, 1.807) is 23.1 Å². The van der Waals surface area contributed by atoms with Crippen molar-refractivity contribution in [3.63, 3.8) is 0 Å². The number of thiazole rings is 1. The zero-order valence-electron chi connectivity index (χ0n) is 12.6. The van der Waals surface area contributed by atoms with E-state index in [1.807, 2.05) is 22.9 Å². The van der Waals surface area contributed by atoms with Crippen LogP contribution in [0.15, 0.2) is 32.8 Å². The number of aryl methyl sites for hydroxylation is 1. The van der Waals surface area contributed by atoms with E-state index in [1.165, 1.54) is 29.1 Å². The topological polar surface area (TPSA) is 52.7 Å². The standard InChI is InChI=1S/C15H16N4OS3/c1-10-9-23-15(20)18(10)6-8-22-14-17-16-13(12-3-2-7-21-12)19(14)11-4-5-11/h2-3,7,9,11H,4-6,8H2,1H3. The second-order valence-corrected chi connectivity index (χ2v) is 8.36. The summed E-state index contributed by atoms with van der Waals surface area (Å²) in [5, 5.41) is 13.8. The van der Waals surface area contributed by atoms with E-state index in [0.717, 1.165) is 22.4 Å². The van der Waals surface area contributed by atoms with Crippen molar-refractivity contribution in [3.8, 4) is 10.7 Å². The Kier molecular flexibility index (Phi) is 4.13. The molecule has 0 atom stereocenters. The van der Waals surface area contributed by atoms with Crippen LogP contribution in [-0.2, 0) is 6.54 Å². The average molecular weight is 365 g/mol. The van der Waals surface area contributed by atoms with Crippen molar-refractivity contribution in [2.45, 2.75) is 37.5 Å². The molecule has 23 heavy (non-hydrogen) atoms. The summed E-state index contributed by atoms with van der Waals surface area (Å²) in [6, 6.07) is 4.68. The number of nitrogens with zero attached hydrogens (tertiary/aromatic N) is 4. The predicted molar refractivity (Wildman–Crippen MR) is 95.6 cm³/mol. The van der Waals surface area contributed by atoms with Gasteiger partial charge in [0.2, 0.25) is 0 Å². The number of hydrogen-bond acceptors (Lipinski definition) is 6. The zero-order chi connectivity index (χ0) is 15.8. The van der Waals surface area contributed by atoms with Gasteiger partial charge in [-0.25, -0.2) is 0 Å². The van der Waals surface area contributed by atoms with Gasteiger partial charge in [0.05, 0.1) is 4.88 Å². The zero-order valence-corrected chi connectivity index (χ0v) is 15.1. The summed E-state index contributed by atoms with van der Waals surface area (Å²) in [6.07, 6.45) is 2.40. The van der Waals surface area contributed by atoms with Crippen LogP contribution in [0.25, 0.3) is 10.7 Å². The maximum Gasteiger partial charge on any atom is 0.307 e. The van der Waals surface area contributed by atoms with Gasteiger partial charge >= 0.3 is 4.87 Å². The molecular weight excluding hydrogens is 348 g/mol. The van der Waals surface area contributed by atoms with Crippen molar-refractivity contribution < 1.29 is 0 Å². The van der Waals surface area contributed by atoms with Gasteiger partial charge in [-0.1, -0.05) is 29.2 Å². The molecule has 1 aliphatic rings. The highest BCUT2D eigenvalue weighted by Gasteiger charge is 2.30. The lowest BCUT2D eigenvalue weighted by atomic mass is 10.4. The molecule has 0 saturated heterocycles. The van der Waals surface area contributed by atoms with Gasteiger partial charge in [-0.2, -0.15) is 0 Å². The van der Waals surface area contributed by atoms with E-state index in [2.05, 4.69) is 26.2 Å². The van der Waals surface area contributed by atoms with Crippen molar-refractivity contribution in [3.05, 3.63) is 38.3 Å². The second-order valence-electron chi connectivity index (χ2n) is 5.53. The Morgan fingerprint density at radius 2 is 2.22 bits per heavy atom. The molecule has 8 heteroatoms. The van der Waals surface area contributed by atoms with Crippen LogP contribution in [0.1, 0.15) is 24.6 Å². The molecule has 3 aromatic heterocycles. The molecule has 4 rings (SSSR count). The van der Waals surface area contributed by atoms with Gasteiger partial charge in [-0.05, 0) is 31.2 Å². The first kappa shape index (κ1) is 15.2. The van der Waals surface area contributed by atoms with E-state index < -0.39 is 0 Å². The molecule has 5 nitrogen and oxygen atoms in total. The fraction of sp³-hybridized carbons (Fsp3) is 0.400. The van der Waals surface area contributed by atoms with Crippen LogP contribution in [-0.4, -0.2) is 25.1 Å². The lowest BCUT2D eigenvalue weighted by molar-refractivity contribution is 0.667. The number of hydrogen-bond donors (Lipinski definition) is 0. The molecule has 0 unspecified atom stereocenters. The van der Waals surface area contributed by atoms with Crippen molar-refractivity contribution in [1.29, 1.82) is 0 Å². The number of rotatable bonds is 6. The predicted octanol–water partition coefficient (Wildman–Crippen LogP) is 3.67. The maximum atomic E-state index is 11.8. The molecule has 0 radical (unpaired) electrons. The van der Waals surface area contributed by atoms with Gasteiger partial charge in [0.25, 0.3) is 0 Å². The maximum absolute atomic E-state index is 11.8. The van der Waals surface area contributed by atoms with E-state index in [0.29, 0.717) is 12.6 Å². The Hall–Kier alpha value is -1.38. The first-order chi connectivity index (χ1) is 11.2. The fourth-order valence-electron chi connectivity index (χ4n) is 2.51. The molecule has 0 N–H and O–H groups in total. The van der Waals surface area contributed by atoms with Gasteiger partial charge in [0.1, 0.15) is 0 Å². The molecule has 0 amide bonds. The minimum absolute atomic E-state index is 0.117. The SMILES string of the molecule is Cc1csc(=O)n1CCSc1nnc(-c2cccs2)n1C1CC1. The van der Waals surface area contributed by atoms with Crippen LogP contribution in [0.2, 0.25) is 0 Å². The highest BCUT2D eigenvalue weighted by Crippen LogP contribution is 2.41. The van der Waals surface area contributed by atoms with Crippen LogP contribution >= 0.6 is 34.4 Å². The summed E-state index contributed by atoms with van der Waals surface area (Å²) in [5.41, 5.74) is 1.03. The lowest BCUT2D eigenvalue weighted by Gasteiger charge is -2.08. The van der Waals surface area contributed by atoms with Crippen molar-refractivity contribution in [1.82, 2.24) is 19.3 Å². The van der Waals surface area contributed by atoms with Crippen LogP contribution in [0.5, 0.6) is 0 Å². The largest absolute Gasteiger partial charge is 0.307 e. The first-order valence-electron chi connectivity index (χ1n) is 7.50. The summed E-state index contributed by atoms with van der Waals surface area (Å²) in [4.78, 5) is 13.1. The Morgan fingerprint density at radius 3 is 2.87 bits per heavy atom. The summed E-state index contributed by atoms with van der Waals surface area (Å²) >= 11 is 4.65. The Labute approximate surface area is 146 Å².